The van der Waals surface area contributed by atoms with Crippen molar-refractivity contribution in [2.24, 2.45) is 0 Å². The van der Waals surface area contributed by atoms with Gasteiger partial charge in [-0.2, -0.15) is 0 Å². The lowest BCUT2D eigenvalue weighted by molar-refractivity contribution is 0.467. The average molecular weight is 158 g/mol. The van der Waals surface area contributed by atoms with Gasteiger partial charge in [0.2, 0.25) is 0 Å². The topological polar surface area (TPSA) is 24.1 Å². The van der Waals surface area contributed by atoms with Gasteiger partial charge in [-0.25, -0.2) is 0 Å². The lowest BCUT2D eigenvalue weighted by Gasteiger charge is -2.15. The highest BCUT2D eigenvalue weighted by Gasteiger charge is 2.01. The van der Waals surface area contributed by atoms with Crippen LogP contribution in [0, 0.1) is 0 Å². The van der Waals surface area contributed by atoms with E-state index >= 15 is 0 Å². The third kappa shape index (κ3) is 6.32. The monoisotopic (exact) mass is 158 g/mol. The van der Waals surface area contributed by atoms with Crippen molar-refractivity contribution >= 4 is 0 Å². The molecule has 0 aromatic heterocycles. The van der Waals surface area contributed by atoms with Gasteiger partial charge in [-0.3, -0.25) is 0 Å². The summed E-state index contributed by atoms with van der Waals surface area (Å²) in [6.07, 6.45) is 2.48. The molecule has 0 bridgehead atoms. The summed E-state index contributed by atoms with van der Waals surface area (Å²) >= 11 is 0. The van der Waals surface area contributed by atoms with E-state index < -0.39 is 0 Å². The summed E-state index contributed by atoms with van der Waals surface area (Å²) < 4.78 is 0. The van der Waals surface area contributed by atoms with E-state index in [1.54, 1.807) is 0 Å². The highest BCUT2D eigenvalue weighted by Crippen LogP contribution is 1.94. The van der Waals surface area contributed by atoms with Crippen LogP contribution in [-0.4, -0.2) is 25.7 Å². The summed E-state index contributed by atoms with van der Waals surface area (Å²) in [6, 6.07) is 0.707. The Bertz CT molecular complexity index is 74.0. The van der Waals surface area contributed by atoms with E-state index in [2.05, 4.69) is 31.4 Å². The second kappa shape index (κ2) is 8.02. The molecule has 0 spiro atoms. The summed E-state index contributed by atoms with van der Waals surface area (Å²) in [4.78, 5) is 0. The number of rotatable bonds is 7. The van der Waals surface area contributed by atoms with Gasteiger partial charge in [0.05, 0.1) is 0 Å². The Morgan fingerprint density at radius 3 is 2.27 bits per heavy atom. The molecule has 0 aliphatic heterocycles. The molecule has 0 fully saturated rings. The molecule has 68 valence electrons. The fourth-order valence-corrected chi connectivity index (χ4v) is 1.19. The zero-order valence-electron chi connectivity index (χ0n) is 8.11. The fraction of sp³-hybridized carbons (Fsp3) is 1.00. The molecule has 0 aliphatic carbocycles. The summed E-state index contributed by atoms with van der Waals surface area (Å²) in [6.45, 7) is 9.86. The third-order valence-corrected chi connectivity index (χ3v) is 1.91. The van der Waals surface area contributed by atoms with Gasteiger partial charge in [0, 0.05) is 6.04 Å². The van der Waals surface area contributed by atoms with Gasteiger partial charge in [0.1, 0.15) is 0 Å². The van der Waals surface area contributed by atoms with Crippen LogP contribution in [0.4, 0.5) is 0 Å². The largest absolute Gasteiger partial charge is 0.317 e. The maximum Gasteiger partial charge on any atom is 0.00764 e. The number of nitrogens with one attached hydrogen (secondary N) is 2. The Labute approximate surface area is 70.8 Å². The van der Waals surface area contributed by atoms with Crippen LogP contribution in [-0.2, 0) is 0 Å². The SMILES string of the molecule is CCNCCC(CC)NCC. The van der Waals surface area contributed by atoms with Crippen molar-refractivity contribution in [3.05, 3.63) is 0 Å². The highest BCUT2D eigenvalue weighted by molar-refractivity contribution is 4.64. The van der Waals surface area contributed by atoms with Gasteiger partial charge in [0.25, 0.3) is 0 Å². The van der Waals surface area contributed by atoms with E-state index in [9.17, 15) is 0 Å². The van der Waals surface area contributed by atoms with Gasteiger partial charge in [-0.1, -0.05) is 20.8 Å². The van der Waals surface area contributed by atoms with Gasteiger partial charge in [-0.05, 0) is 32.5 Å². The molecule has 0 amide bonds. The van der Waals surface area contributed by atoms with Gasteiger partial charge in [0.15, 0.2) is 0 Å². The molecule has 0 saturated carbocycles. The summed E-state index contributed by atoms with van der Waals surface area (Å²) in [5.41, 5.74) is 0. The van der Waals surface area contributed by atoms with E-state index in [1.807, 2.05) is 0 Å². The summed E-state index contributed by atoms with van der Waals surface area (Å²) in [5, 5.41) is 6.78. The first-order valence-corrected chi connectivity index (χ1v) is 4.79. The Balaban J connectivity index is 3.20. The van der Waals surface area contributed by atoms with Gasteiger partial charge >= 0.3 is 0 Å². The minimum atomic E-state index is 0.707. The van der Waals surface area contributed by atoms with E-state index in [-0.39, 0.29) is 0 Å². The van der Waals surface area contributed by atoms with Crippen molar-refractivity contribution in [2.45, 2.75) is 39.7 Å². The molecule has 0 aromatic rings. The molecule has 0 aliphatic rings. The van der Waals surface area contributed by atoms with Crippen molar-refractivity contribution in [1.29, 1.82) is 0 Å². The first kappa shape index (κ1) is 10.9. The molecule has 1 atom stereocenters. The Hall–Kier alpha value is -0.0800. The molecule has 0 rings (SSSR count). The van der Waals surface area contributed by atoms with Crippen LogP contribution in [0.15, 0.2) is 0 Å². The van der Waals surface area contributed by atoms with Crippen molar-refractivity contribution in [2.75, 3.05) is 19.6 Å². The quantitative estimate of drug-likeness (QED) is 0.547. The molecular formula is C9H22N2. The second-order valence-corrected chi connectivity index (χ2v) is 2.81. The van der Waals surface area contributed by atoms with E-state index in [1.165, 1.54) is 12.8 Å². The van der Waals surface area contributed by atoms with E-state index in [0.29, 0.717) is 6.04 Å². The maximum absolute atomic E-state index is 3.45. The minimum Gasteiger partial charge on any atom is -0.317 e. The van der Waals surface area contributed by atoms with Gasteiger partial charge in [-0.15, -0.1) is 0 Å². The molecule has 2 heteroatoms. The number of hydrogen-bond donors (Lipinski definition) is 2. The lowest BCUT2D eigenvalue weighted by Crippen LogP contribution is -2.31. The molecule has 2 nitrogen and oxygen atoms in total. The maximum atomic E-state index is 3.45. The third-order valence-electron chi connectivity index (χ3n) is 1.91. The first-order chi connectivity index (χ1) is 5.35. The van der Waals surface area contributed by atoms with Crippen LogP contribution in [0.5, 0.6) is 0 Å². The Morgan fingerprint density at radius 1 is 1.09 bits per heavy atom. The zero-order chi connectivity index (χ0) is 8.53. The number of hydrogen-bond acceptors (Lipinski definition) is 2. The molecule has 0 heterocycles. The summed E-state index contributed by atoms with van der Waals surface area (Å²) in [7, 11) is 0. The smallest absolute Gasteiger partial charge is 0.00764 e. The molecule has 11 heavy (non-hydrogen) atoms. The standard InChI is InChI=1S/C9H22N2/c1-4-9(11-6-3)7-8-10-5-2/h9-11H,4-8H2,1-3H3. The van der Waals surface area contributed by atoms with Crippen molar-refractivity contribution in [3.63, 3.8) is 0 Å². The molecule has 0 radical (unpaired) electrons. The van der Waals surface area contributed by atoms with Crippen LogP contribution in [0.25, 0.3) is 0 Å². The molecular weight excluding hydrogens is 136 g/mol. The zero-order valence-corrected chi connectivity index (χ0v) is 8.11. The first-order valence-electron chi connectivity index (χ1n) is 4.79. The van der Waals surface area contributed by atoms with Crippen LogP contribution >= 0.6 is 0 Å². The molecule has 1 unspecified atom stereocenters. The molecule has 0 aromatic carbocycles. The minimum absolute atomic E-state index is 0.707. The summed E-state index contributed by atoms with van der Waals surface area (Å²) in [5.74, 6) is 0. The second-order valence-electron chi connectivity index (χ2n) is 2.81. The molecule has 0 saturated heterocycles. The van der Waals surface area contributed by atoms with Crippen LogP contribution in [0.1, 0.15) is 33.6 Å². The normalized spacial score (nSPS) is 13.4. The molecule has 2 N–H and O–H groups in total. The van der Waals surface area contributed by atoms with Gasteiger partial charge < -0.3 is 10.6 Å². The van der Waals surface area contributed by atoms with Crippen LogP contribution in [0.2, 0.25) is 0 Å². The fourth-order valence-electron chi connectivity index (χ4n) is 1.19. The van der Waals surface area contributed by atoms with Crippen LogP contribution in [0.3, 0.4) is 0 Å². The van der Waals surface area contributed by atoms with Crippen molar-refractivity contribution in [3.8, 4) is 0 Å². The predicted molar refractivity (Wildman–Crippen MR) is 50.9 cm³/mol. The predicted octanol–water partition coefficient (Wildman–Crippen LogP) is 1.37. The van der Waals surface area contributed by atoms with E-state index in [4.69, 9.17) is 0 Å². The average Bonchev–Trinajstić information content (AvgIpc) is 2.03. The Morgan fingerprint density at radius 2 is 1.82 bits per heavy atom. The van der Waals surface area contributed by atoms with Crippen molar-refractivity contribution < 1.29 is 0 Å². The van der Waals surface area contributed by atoms with E-state index in [0.717, 1.165) is 19.6 Å². The van der Waals surface area contributed by atoms with Crippen molar-refractivity contribution in [1.82, 2.24) is 10.6 Å². The Kier molecular flexibility index (Phi) is 7.96. The van der Waals surface area contributed by atoms with Crippen LogP contribution < -0.4 is 10.6 Å². The lowest BCUT2D eigenvalue weighted by atomic mass is 10.1. The highest BCUT2D eigenvalue weighted by atomic mass is 14.9.